The number of hydrogen-bond donors (Lipinski definition) is 0. The fourth-order valence-corrected chi connectivity index (χ4v) is 2.73. The minimum atomic E-state index is -0.354. The summed E-state index contributed by atoms with van der Waals surface area (Å²) in [6, 6.07) is 11.0. The van der Waals surface area contributed by atoms with Gasteiger partial charge in [-0.25, -0.2) is 4.79 Å². The van der Waals surface area contributed by atoms with Crippen molar-refractivity contribution in [3.63, 3.8) is 0 Å². The third-order valence-corrected chi connectivity index (χ3v) is 4.16. The van der Waals surface area contributed by atoms with Gasteiger partial charge in [0.25, 0.3) is 0 Å². The maximum Gasteiger partial charge on any atom is 0.368 e. The predicted molar refractivity (Wildman–Crippen MR) is 103 cm³/mol. The van der Waals surface area contributed by atoms with Crippen LogP contribution < -0.4 is 15.2 Å². The van der Waals surface area contributed by atoms with E-state index in [-0.39, 0.29) is 12.3 Å². The first-order valence-electron chi connectivity index (χ1n) is 8.50. The summed E-state index contributed by atoms with van der Waals surface area (Å²) in [6.07, 6.45) is 1.62. The van der Waals surface area contributed by atoms with E-state index >= 15 is 0 Å². The van der Waals surface area contributed by atoms with Crippen LogP contribution in [0.1, 0.15) is 16.7 Å². The first-order chi connectivity index (χ1) is 13.5. The molecular formula is C19H21N5O4. The van der Waals surface area contributed by atoms with Gasteiger partial charge < -0.3 is 14.3 Å². The van der Waals surface area contributed by atoms with Gasteiger partial charge in [-0.2, -0.15) is 9.36 Å². The molecule has 3 aromatic rings. The molecule has 0 aliphatic carbocycles. The fourth-order valence-electron chi connectivity index (χ4n) is 2.73. The van der Waals surface area contributed by atoms with E-state index in [0.29, 0.717) is 22.7 Å². The zero-order valence-corrected chi connectivity index (χ0v) is 16.1. The van der Waals surface area contributed by atoms with Crippen LogP contribution in [0.25, 0.3) is 5.69 Å². The fraction of sp³-hybridized carbons (Fsp3) is 0.263. The molecule has 9 heteroatoms. The van der Waals surface area contributed by atoms with Crippen LogP contribution in [0.2, 0.25) is 0 Å². The van der Waals surface area contributed by atoms with Gasteiger partial charge >= 0.3 is 5.69 Å². The Morgan fingerprint density at radius 3 is 2.61 bits per heavy atom. The molecule has 0 aliphatic heterocycles. The number of methoxy groups -OCH3 is 1. The molecule has 0 saturated heterocycles. The van der Waals surface area contributed by atoms with Gasteiger partial charge in [0.1, 0.15) is 25.2 Å². The lowest BCUT2D eigenvalue weighted by Crippen LogP contribution is -2.23. The summed E-state index contributed by atoms with van der Waals surface area (Å²) in [5.74, 6) is 1.30. The van der Waals surface area contributed by atoms with Crippen molar-refractivity contribution in [2.24, 2.45) is 12.2 Å². The second-order valence-corrected chi connectivity index (χ2v) is 5.99. The minimum Gasteiger partial charge on any atom is -0.496 e. The van der Waals surface area contributed by atoms with Crippen molar-refractivity contribution in [3.05, 3.63) is 63.6 Å². The molecule has 0 N–H and O–H groups in total. The highest BCUT2D eigenvalue weighted by Gasteiger charge is 2.16. The molecule has 3 rings (SSSR count). The molecule has 146 valence electrons. The highest BCUT2D eigenvalue weighted by atomic mass is 16.6. The number of ether oxygens (including phenoxy) is 2. The Balaban J connectivity index is 1.91. The number of tetrazole rings is 1. The van der Waals surface area contributed by atoms with Crippen molar-refractivity contribution < 1.29 is 14.3 Å². The van der Waals surface area contributed by atoms with Crippen LogP contribution in [0.15, 0.2) is 46.3 Å². The smallest absolute Gasteiger partial charge is 0.368 e. The van der Waals surface area contributed by atoms with E-state index < -0.39 is 0 Å². The van der Waals surface area contributed by atoms with Gasteiger partial charge in [-0.1, -0.05) is 11.2 Å². The van der Waals surface area contributed by atoms with Crippen LogP contribution in [0, 0.1) is 6.92 Å². The van der Waals surface area contributed by atoms with Crippen LogP contribution in [0.3, 0.4) is 0 Å². The zero-order chi connectivity index (χ0) is 20.1. The summed E-state index contributed by atoms with van der Waals surface area (Å²) in [7, 11) is 4.60. The molecule has 2 aromatic carbocycles. The van der Waals surface area contributed by atoms with Crippen LogP contribution in [-0.2, 0) is 18.5 Å². The molecular weight excluding hydrogens is 362 g/mol. The van der Waals surface area contributed by atoms with Gasteiger partial charge in [-0.15, -0.1) is 0 Å². The van der Waals surface area contributed by atoms with Gasteiger partial charge in [0.05, 0.1) is 24.6 Å². The molecule has 0 spiro atoms. The molecule has 0 saturated carbocycles. The molecule has 0 atom stereocenters. The predicted octanol–water partition coefficient (Wildman–Crippen LogP) is 1.84. The van der Waals surface area contributed by atoms with Crippen LogP contribution in [0.5, 0.6) is 11.5 Å². The van der Waals surface area contributed by atoms with E-state index in [1.165, 1.54) is 11.8 Å². The molecule has 9 nitrogen and oxygen atoms in total. The largest absolute Gasteiger partial charge is 0.496 e. The summed E-state index contributed by atoms with van der Waals surface area (Å²) in [5, 5.41) is 11.4. The monoisotopic (exact) mass is 383 g/mol. The lowest BCUT2D eigenvalue weighted by atomic mass is 10.1. The number of hydrogen-bond acceptors (Lipinski definition) is 7. The van der Waals surface area contributed by atoms with Crippen molar-refractivity contribution in [3.8, 4) is 17.2 Å². The highest BCUT2D eigenvalue weighted by Crippen LogP contribution is 2.27. The van der Waals surface area contributed by atoms with Gasteiger partial charge in [-0.3, -0.25) is 0 Å². The van der Waals surface area contributed by atoms with E-state index in [9.17, 15) is 4.79 Å². The first kappa shape index (κ1) is 19.2. The van der Waals surface area contributed by atoms with E-state index in [2.05, 4.69) is 15.6 Å². The number of aromatic nitrogens is 4. The quantitative estimate of drug-likeness (QED) is 0.457. The maximum atomic E-state index is 12.3. The Morgan fingerprint density at radius 1 is 1.14 bits per heavy atom. The molecule has 1 aromatic heterocycles. The van der Waals surface area contributed by atoms with Crippen molar-refractivity contribution in [1.82, 2.24) is 19.8 Å². The minimum absolute atomic E-state index is 0.189. The van der Waals surface area contributed by atoms with Gasteiger partial charge in [0.15, 0.2) is 0 Å². The van der Waals surface area contributed by atoms with Crippen LogP contribution >= 0.6 is 0 Å². The van der Waals surface area contributed by atoms with Crippen molar-refractivity contribution in [1.29, 1.82) is 0 Å². The van der Waals surface area contributed by atoms with E-state index in [1.807, 2.05) is 25.1 Å². The summed E-state index contributed by atoms with van der Waals surface area (Å²) >= 11 is 0. The Hall–Kier alpha value is -3.62. The van der Waals surface area contributed by atoms with E-state index in [0.717, 1.165) is 15.8 Å². The summed E-state index contributed by atoms with van der Waals surface area (Å²) < 4.78 is 13.8. The Morgan fingerprint density at radius 2 is 1.96 bits per heavy atom. The zero-order valence-electron chi connectivity index (χ0n) is 16.1. The maximum absolute atomic E-state index is 12.3. The number of benzene rings is 2. The third-order valence-electron chi connectivity index (χ3n) is 4.16. The van der Waals surface area contributed by atoms with Crippen LogP contribution in [-0.4, -0.2) is 40.2 Å². The van der Waals surface area contributed by atoms with E-state index in [1.54, 1.807) is 38.6 Å². The normalized spacial score (nSPS) is 11.0. The van der Waals surface area contributed by atoms with E-state index in [4.69, 9.17) is 14.3 Å². The second kappa shape index (κ2) is 8.38. The standard InChI is InChI=1S/C19H21N5O4/c1-13-10-14(11-20-27-4)8-9-17(13)28-12-15-16(6-5-7-18(15)26-3)24-19(25)23(2)21-22-24/h5-11H,12H2,1-4H3. The molecule has 0 radical (unpaired) electrons. The Kier molecular flexibility index (Phi) is 5.73. The Labute approximate surface area is 161 Å². The number of nitrogens with zero attached hydrogens (tertiary/aromatic N) is 5. The number of aryl methyl sites for hydroxylation is 2. The lowest BCUT2D eigenvalue weighted by molar-refractivity contribution is 0.215. The molecule has 1 heterocycles. The van der Waals surface area contributed by atoms with Crippen molar-refractivity contribution in [2.75, 3.05) is 14.2 Å². The number of rotatable bonds is 7. The van der Waals surface area contributed by atoms with Gasteiger partial charge in [-0.05, 0) is 58.8 Å². The first-order valence-corrected chi connectivity index (χ1v) is 8.50. The molecule has 0 aliphatic rings. The van der Waals surface area contributed by atoms with Crippen molar-refractivity contribution >= 4 is 6.21 Å². The van der Waals surface area contributed by atoms with Gasteiger partial charge in [0.2, 0.25) is 0 Å². The number of oxime groups is 1. The van der Waals surface area contributed by atoms with Crippen molar-refractivity contribution in [2.45, 2.75) is 13.5 Å². The average molecular weight is 383 g/mol. The molecule has 0 fully saturated rings. The Bertz CT molecular complexity index is 1050. The topological polar surface area (TPSA) is 92.8 Å². The second-order valence-electron chi connectivity index (χ2n) is 5.99. The molecule has 0 amide bonds. The molecule has 28 heavy (non-hydrogen) atoms. The highest BCUT2D eigenvalue weighted by molar-refractivity contribution is 5.79. The molecule has 0 bridgehead atoms. The molecule has 0 unspecified atom stereocenters. The summed E-state index contributed by atoms with van der Waals surface area (Å²) in [6.45, 7) is 2.13. The SMILES string of the molecule is CON=Cc1ccc(OCc2c(OC)cccc2-n2nnn(C)c2=O)c(C)c1. The van der Waals surface area contributed by atoms with Crippen LogP contribution in [0.4, 0.5) is 0 Å². The lowest BCUT2D eigenvalue weighted by Gasteiger charge is -2.15. The summed E-state index contributed by atoms with van der Waals surface area (Å²) in [4.78, 5) is 17.0. The average Bonchev–Trinajstić information content (AvgIpc) is 3.04. The van der Waals surface area contributed by atoms with Gasteiger partial charge in [0, 0.05) is 7.05 Å². The summed E-state index contributed by atoms with van der Waals surface area (Å²) in [5.41, 5.74) is 2.73. The third kappa shape index (κ3) is 3.88.